The van der Waals surface area contributed by atoms with Gasteiger partial charge in [-0.25, -0.2) is 4.98 Å². The van der Waals surface area contributed by atoms with Crippen molar-refractivity contribution in [2.75, 3.05) is 18.1 Å². The number of hydrogen-bond acceptors (Lipinski definition) is 5. The molecule has 6 rings (SSSR count). The molecule has 4 aliphatic rings. The first-order chi connectivity index (χ1) is 16.6. The van der Waals surface area contributed by atoms with E-state index in [1.807, 2.05) is 31.2 Å². The molecule has 34 heavy (non-hydrogen) atoms. The number of amides is 2. The van der Waals surface area contributed by atoms with Crippen LogP contribution in [0, 0.1) is 12.8 Å². The molecular weight excluding hydrogens is 428 g/mol. The van der Waals surface area contributed by atoms with Crippen LogP contribution in [0.3, 0.4) is 0 Å². The molecule has 2 bridgehead atoms. The minimum Gasteiger partial charge on any atom is -0.493 e. The smallest absolute Gasteiger partial charge is 0.252 e. The SMILES string of the molecule is Cc1c(C(=O)N[C@H]2C[C@H]3CC[C@@H](C2)N3c2ccc(C(=O)NCC3CC3)cn2)ccc2c1OCC2. The Kier molecular flexibility index (Phi) is 5.42. The molecule has 7 heteroatoms. The summed E-state index contributed by atoms with van der Waals surface area (Å²) >= 11 is 0. The fourth-order valence-corrected chi connectivity index (χ4v) is 5.92. The number of nitrogens with one attached hydrogen (secondary N) is 2. The second-order valence-electron chi connectivity index (χ2n) is 10.3. The Balaban J connectivity index is 1.09. The number of benzene rings is 1. The van der Waals surface area contributed by atoms with E-state index in [4.69, 9.17) is 4.74 Å². The van der Waals surface area contributed by atoms with E-state index in [0.29, 0.717) is 35.7 Å². The minimum atomic E-state index is -0.0393. The molecule has 3 fully saturated rings. The highest BCUT2D eigenvalue weighted by molar-refractivity contribution is 5.96. The van der Waals surface area contributed by atoms with Gasteiger partial charge in [0.2, 0.25) is 0 Å². The first-order valence-electron chi connectivity index (χ1n) is 12.7. The summed E-state index contributed by atoms with van der Waals surface area (Å²) < 4.78 is 5.75. The Morgan fingerprint density at radius 2 is 1.85 bits per heavy atom. The van der Waals surface area contributed by atoms with Crippen molar-refractivity contribution in [2.45, 2.75) is 70.0 Å². The zero-order chi connectivity index (χ0) is 23.2. The second kappa shape index (κ2) is 8.60. The number of nitrogens with zero attached hydrogens (tertiary/aromatic N) is 2. The molecule has 2 aromatic rings. The summed E-state index contributed by atoms with van der Waals surface area (Å²) in [5, 5.41) is 6.30. The third kappa shape index (κ3) is 4.01. The maximum Gasteiger partial charge on any atom is 0.252 e. The Morgan fingerprint density at radius 1 is 1.06 bits per heavy atom. The van der Waals surface area contributed by atoms with Gasteiger partial charge in [0.25, 0.3) is 11.8 Å². The van der Waals surface area contributed by atoms with E-state index in [2.05, 4.69) is 20.5 Å². The molecule has 1 aliphatic carbocycles. The van der Waals surface area contributed by atoms with Crippen molar-refractivity contribution in [3.63, 3.8) is 0 Å². The van der Waals surface area contributed by atoms with Gasteiger partial charge in [-0.05, 0) is 75.1 Å². The van der Waals surface area contributed by atoms with Gasteiger partial charge < -0.3 is 20.3 Å². The molecule has 1 aromatic heterocycles. The van der Waals surface area contributed by atoms with Crippen LogP contribution in [-0.4, -0.2) is 48.1 Å². The molecule has 4 heterocycles. The molecule has 2 N–H and O–H groups in total. The molecule has 2 amide bonds. The molecular formula is C27H32N4O3. The van der Waals surface area contributed by atoms with E-state index in [9.17, 15) is 9.59 Å². The van der Waals surface area contributed by atoms with E-state index >= 15 is 0 Å². The standard InChI is InChI=1S/C27H32N4O3/c1-16-23(8-4-18-10-11-34-25(16)18)27(33)30-20-12-21-6-7-22(13-20)31(21)24-9-5-19(15-28-24)26(32)29-14-17-2-3-17/h4-5,8-9,15,17,20-22H,2-3,6-7,10-14H2,1H3,(H,29,32)(H,30,33)/t20-,21+,22-. The largest absolute Gasteiger partial charge is 0.493 e. The van der Waals surface area contributed by atoms with Gasteiger partial charge in [0.1, 0.15) is 11.6 Å². The molecule has 3 atom stereocenters. The van der Waals surface area contributed by atoms with Gasteiger partial charge in [0.15, 0.2) is 0 Å². The number of pyridine rings is 1. The van der Waals surface area contributed by atoms with Crippen LogP contribution in [0.15, 0.2) is 30.5 Å². The van der Waals surface area contributed by atoms with Crippen molar-refractivity contribution >= 4 is 17.6 Å². The normalized spacial score (nSPS) is 25.0. The van der Waals surface area contributed by atoms with E-state index in [1.54, 1.807) is 6.20 Å². The van der Waals surface area contributed by atoms with Crippen molar-refractivity contribution in [3.05, 3.63) is 52.7 Å². The van der Waals surface area contributed by atoms with Gasteiger partial charge in [0, 0.05) is 48.4 Å². The third-order valence-electron chi connectivity index (χ3n) is 7.94. The van der Waals surface area contributed by atoms with Crippen LogP contribution in [0.5, 0.6) is 5.75 Å². The number of fused-ring (bicyclic) bond motifs is 3. The lowest BCUT2D eigenvalue weighted by atomic mass is 9.96. The van der Waals surface area contributed by atoms with E-state index < -0.39 is 0 Å². The van der Waals surface area contributed by atoms with E-state index in [0.717, 1.165) is 55.8 Å². The average molecular weight is 461 g/mol. The molecule has 3 aliphatic heterocycles. The predicted molar refractivity (Wildman–Crippen MR) is 129 cm³/mol. The van der Waals surface area contributed by atoms with E-state index in [1.165, 1.54) is 18.4 Å². The van der Waals surface area contributed by atoms with Crippen molar-refractivity contribution in [1.82, 2.24) is 15.6 Å². The lowest BCUT2D eigenvalue weighted by molar-refractivity contribution is 0.0923. The highest BCUT2D eigenvalue weighted by Crippen LogP contribution is 2.39. The summed E-state index contributed by atoms with van der Waals surface area (Å²) in [6.45, 7) is 3.44. The third-order valence-corrected chi connectivity index (χ3v) is 7.94. The summed E-state index contributed by atoms with van der Waals surface area (Å²) in [6, 6.07) is 8.70. The lowest BCUT2D eigenvalue weighted by Gasteiger charge is -2.40. The molecule has 0 radical (unpaired) electrons. The molecule has 2 saturated heterocycles. The van der Waals surface area contributed by atoms with Crippen molar-refractivity contribution in [1.29, 1.82) is 0 Å². The van der Waals surface area contributed by atoms with Gasteiger partial charge >= 0.3 is 0 Å². The maximum atomic E-state index is 13.1. The zero-order valence-electron chi connectivity index (χ0n) is 19.7. The molecule has 1 saturated carbocycles. The van der Waals surface area contributed by atoms with Crippen LogP contribution in [0.4, 0.5) is 5.82 Å². The summed E-state index contributed by atoms with van der Waals surface area (Å²) in [6.07, 6.45) is 9.09. The minimum absolute atomic E-state index is 0.00617. The summed E-state index contributed by atoms with van der Waals surface area (Å²) in [7, 11) is 0. The van der Waals surface area contributed by atoms with Crippen molar-refractivity contribution < 1.29 is 14.3 Å². The molecule has 0 spiro atoms. The number of anilines is 1. The van der Waals surface area contributed by atoms with Gasteiger partial charge in [-0.1, -0.05) is 6.07 Å². The second-order valence-corrected chi connectivity index (χ2v) is 10.3. The summed E-state index contributed by atoms with van der Waals surface area (Å²) in [5.74, 6) is 2.44. The number of piperidine rings is 1. The van der Waals surface area contributed by atoms with E-state index in [-0.39, 0.29) is 17.9 Å². The topological polar surface area (TPSA) is 83.6 Å². The number of rotatable bonds is 6. The quantitative estimate of drug-likeness (QED) is 0.690. The van der Waals surface area contributed by atoms with Crippen LogP contribution >= 0.6 is 0 Å². The number of hydrogen-bond donors (Lipinski definition) is 2. The number of ether oxygens (including phenoxy) is 1. The van der Waals surface area contributed by atoms with Gasteiger partial charge in [-0.15, -0.1) is 0 Å². The van der Waals surface area contributed by atoms with Crippen LogP contribution < -0.4 is 20.3 Å². The number of carbonyl (C=O) groups is 2. The lowest BCUT2D eigenvalue weighted by Crippen LogP contribution is -2.50. The fourth-order valence-electron chi connectivity index (χ4n) is 5.92. The van der Waals surface area contributed by atoms with Crippen LogP contribution in [0.2, 0.25) is 0 Å². The monoisotopic (exact) mass is 460 g/mol. The Bertz CT molecular complexity index is 1100. The number of aromatic nitrogens is 1. The first-order valence-corrected chi connectivity index (χ1v) is 12.7. The van der Waals surface area contributed by atoms with Crippen LogP contribution in [0.1, 0.15) is 70.4 Å². The first kappa shape index (κ1) is 21.4. The number of carbonyl (C=O) groups excluding carboxylic acids is 2. The van der Waals surface area contributed by atoms with Gasteiger partial charge in [-0.2, -0.15) is 0 Å². The predicted octanol–water partition coefficient (Wildman–Crippen LogP) is 3.39. The van der Waals surface area contributed by atoms with Crippen molar-refractivity contribution in [2.24, 2.45) is 5.92 Å². The maximum absolute atomic E-state index is 13.1. The molecule has 7 nitrogen and oxygen atoms in total. The van der Waals surface area contributed by atoms with Crippen molar-refractivity contribution in [3.8, 4) is 5.75 Å². The summed E-state index contributed by atoms with van der Waals surface area (Å²) in [4.78, 5) is 32.5. The Hall–Kier alpha value is -3.09. The molecule has 1 aromatic carbocycles. The van der Waals surface area contributed by atoms with Crippen LogP contribution in [0.25, 0.3) is 0 Å². The Labute approximate surface area is 200 Å². The fraction of sp³-hybridized carbons (Fsp3) is 0.519. The molecule has 0 unspecified atom stereocenters. The Morgan fingerprint density at radius 3 is 2.56 bits per heavy atom. The van der Waals surface area contributed by atoms with Gasteiger partial charge in [0.05, 0.1) is 12.2 Å². The highest BCUT2D eigenvalue weighted by atomic mass is 16.5. The van der Waals surface area contributed by atoms with Gasteiger partial charge in [-0.3, -0.25) is 9.59 Å². The highest BCUT2D eigenvalue weighted by Gasteiger charge is 2.42. The average Bonchev–Trinajstić information content (AvgIpc) is 3.47. The zero-order valence-corrected chi connectivity index (χ0v) is 19.7. The van der Waals surface area contributed by atoms with Crippen LogP contribution in [-0.2, 0) is 6.42 Å². The summed E-state index contributed by atoms with van der Waals surface area (Å²) in [5.41, 5.74) is 3.47. The molecule has 178 valence electrons.